The number of hydrogen-bond acceptors (Lipinski definition) is 10. The molecule has 0 spiro atoms. The van der Waals surface area contributed by atoms with Crippen LogP contribution < -0.4 is 27.4 Å². The number of hydrogen-bond donors (Lipinski definition) is 5. The highest BCUT2D eigenvalue weighted by atomic mass is 16.6. The van der Waals surface area contributed by atoms with E-state index in [1.165, 1.54) is 18.2 Å². The molecule has 38 heavy (non-hydrogen) atoms. The van der Waals surface area contributed by atoms with E-state index in [4.69, 9.17) is 11.5 Å². The fraction of sp³-hybridized carbons (Fsp3) is 0. The number of benzene rings is 3. The molecule has 1 amide bonds. The van der Waals surface area contributed by atoms with Gasteiger partial charge >= 0.3 is 0 Å². The lowest BCUT2D eigenvalue weighted by atomic mass is 10.1. The minimum absolute atomic E-state index is 0.0174. The lowest BCUT2D eigenvalue weighted by Crippen LogP contribution is -2.12. The number of nitrogen functional groups attached to an aromatic ring is 2. The minimum Gasteiger partial charge on any atom is -0.383 e. The lowest BCUT2D eigenvalue weighted by Gasteiger charge is -2.11. The number of amides is 1. The Morgan fingerprint density at radius 2 is 1.63 bits per heavy atom. The molecule has 0 saturated carbocycles. The summed E-state index contributed by atoms with van der Waals surface area (Å²) in [5.74, 6) is 0.374. The molecule has 7 N–H and O–H groups in total. The number of fused-ring (bicyclic) bond motifs is 1. The van der Waals surface area contributed by atoms with Gasteiger partial charge in [0.05, 0.1) is 10.4 Å². The second-order valence-corrected chi connectivity index (χ2v) is 8.22. The molecule has 12 nitrogen and oxygen atoms in total. The Morgan fingerprint density at radius 3 is 2.39 bits per heavy atom. The van der Waals surface area contributed by atoms with Crippen LogP contribution in [0, 0.1) is 10.1 Å². The second-order valence-electron chi connectivity index (χ2n) is 8.22. The fourth-order valence-corrected chi connectivity index (χ4v) is 3.79. The number of aromatic nitrogens is 3. The van der Waals surface area contributed by atoms with Gasteiger partial charge in [0, 0.05) is 58.1 Å². The van der Waals surface area contributed by atoms with Crippen molar-refractivity contribution in [3.05, 3.63) is 101 Å². The van der Waals surface area contributed by atoms with Crippen molar-refractivity contribution in [2.75, 3.05) is 27.4 Å². The molecule has 0 unspecified atom stereocenters. The highest BCUT2D eigenvalue weighted by molar-refractivity contribution is 6.05. The second kappa shape index (κ2) is 10.1. The number of nitro benzene ring substituents is 1. The number of nitrogens with zero attached hydrogens (tertiary/aromatic N) is 4. The summed E-state index contributed by atoms with van der Waals surface area (Å²) in [6.07, 6.45) is 1.63. The molecule has 12 heteroatoms. The molecule has 0 radical (unpaired) electrons. The maximum absolute atomic E-state index is 12.9. The van der Waals surface area contributed by atoms with Gasteiger partial charge in [-0.1, -0.05) is 6.07 Å². The molecule has 0 aliphatic carbocycles. The molecule has 5 rings (SSSR count). The van der Waals surface area contributed by atoms with Crippen LogP contribution in [0.3, 0.4) is 0 Å². The summed E-state index contributed by atoms with van der Waals surface area (Å²) < 4.78 is 0. The Labute approximate surface area is 215 Å². The monoisotopic (exact) mass is 507 g/mol. The van der Waals surface area contributed by atoms with Crippen molar-refractivity contribution in [3.63, 3.8) is 0 Å². The van der Waals surface area contributed by atoms with Crippen LogP contribution in [0.1, 0.15) is 10.4 Å². The fourth-order valence-electron chi connectivity index (χ4n) is 3.79. The quantitative estimate of drug-likeness (QED) is 0.151. The first-order chi connectivity index (χ1) is 18.3. The van der Waals surface area contributed by atoms with Gasteiger partial charge in [-0.25, -0.2) is 0 Å². The summed E-state index contributed by atoms with van der Waals surface area (Å²) in [7, 11) is 0. The number of nitrogens with one attached hydrogen (secondary N) is 3. The normalized spacial score (nSPS) is 10.6. The zero-order chi connectivity index (χ0) is 26.6. The molecule has 188 valence electrons. The zero-order valence-electron chi connectivity index (χ0n) is 19.8. The summed E-state index contributed by atoms with van der Waals surface area (Å²) in [6, 6.07) is 21.8. The third kappa shape index (κ3) is 5.39. The van der Waals surface area contributed by atoms with Crippen molar-refractivity contribution >= 4 is 62.8 Å². The van der Waals surface area contributed by atoms with Gasteiger partial charge in [0.15, 0.2) is 0 Å². The molecule has 0 aliphatic rings. The number of carbonyl (C=O) groups excluding carboxylic acids is 1. The van der Waals surface area contributed by atoms with Gasteiger partial charge in [-0.05, 0) is 54.6 Å². The van der Waals surface area contributed by atoms with E-state index in [1.54, 1.807) is 66.9 Å². The van der Waals surface area contributed by atoms with Gasteiger partial charge in [-0.2, -0.15) is 9.97 Å². The van der Waals surface area contributed by atoms with E-state index in [9.17, 15) is 14.9 Å². The molecular weight excluding hydrogens is 486 g/mol. The number of nitrogens with two attached hydrogens (primary N) is 2. The number of nitro groups is 1. The number of pyridine rings is 1. The first-order valence-corrected chi connectivity index (χ1v) is 11.3. The number of anilines is 7. The van der Waals surface area contributed by atoms with Crippen LogP contribution in [-0.4, -0.2) is 25.8 Å². The highest BCUT2D eigenvalue weighted by Crippen LogP contribution is 2.29. The number of carbonyl (C=O) groups is 1. The highest BCUT2D eigenvalue weighted by Gasteiger charge is 2.11. The molecule has 2 heterocycles. The number of non-ortho nitro benzene ring substituents is 1. The van der Waals surface area contributed by atoms with Gasteiger partial charge in [-0.15, -0.1) is 0 Å². The smallest absolute Gasteiger partial charge is 0.270 e. The van der Waals surface area contributed by atoms with Gasteiger partial charge in [0.1, 0.15) is 11.6 Å². The molecule has 5 aromatic rings. The van der Waals surface area contributed by atoms with E-state index in [0.29, 0.717) is 39.3 Å². The summed E-state index contributed by atoms with van der Waals surface area (Å²) in [6.45, 7) is 0. The molecule has 0 bridgehead atoms. The summed E-state index contributed by atoms with van der Waals surface area (Å²) in [5, 5.41) is 21.0. The summed E-state index contributed by atoms with van der Waals surface area (Å²) in [5.41, 5.74) is 15.0. The van der Waals surface area contributed by atoms with Crippen molar-refractivity contribution in [1.82, 2.24) is 15.0 Å². The molecule has 0 saturated heterocycles. The van der Waals surface area contributed by atoms with Gasteiger partial charge in [0.25, 0.3) is 11.6 Å². The van der Waals surface area contributed by atoms with Gasteiger partial charge in [-0.3, -0.25) is 19.9 Å². The maximum atomic E-state index is 12.9. The van der Waals surface area contributed by atoms with Crippen LogP contribution in [0.15, 0.2) is 85.1 Å². The van der Waals surface area contributed by atoms with Crippen molar-refractivity contribution in [3.8, 4) is 0 Å². The largest absolute Gasteiger partial charge is 0.383 e. The van der Waals surface area contributed by atoms with E-state index in [0.717, 1.165) is 5.69 Å². The van der Waals surface area contributed by atoms with E-state index in [1.807, 2.05) is 0 Å². The molecule has 0 fully saturated rings. The Bertz CT molecular complexity index is 1650. The van der Waals surface area contributed by atoms with Crippen LogP contribution in [0.2, 0.25) is 0 Å². The summed E-state index contributed by atoms with van der Waals surface area (Å²) in [4.78, 5) is 35.8. The average Bonchev–Trinajstić information content (AvgIpc) is 2.89. The van der Waals surface area contributed by atoms with Crippen LogP contribution >= 0.6 is 0 Å². The molecule has 3 aromatic carbocycles. The number of rotatable bonds is 7. The Kier molecular flexibility index (Phi) is 6.34. The molecule has 0 aliphatic heterocycles. The first-order valence-electron chi connectivity index (χ1n) is 11.3. The SMILES string of the molecule is Nc1cc(Nc2cccc(C(=O)Nc3ccc(Nc4ccnc5ccc([N+](=O)[O-])cc45)cc3)c2)nc(N)n1. The van der Waals surface area contributed by atoms with E-state index >= 15 is 0 Å². The lowest BCUT2D eigenvalue weighted by molar-refractivity contribution is -0.384. The maximum Gasteiger partial charge on any atom is 0.270 e. The Morgan fingerprint density at radius 1 is 0.842 bits per heavy atom. The third-order valence-corrected chi connectivity index (χ3v) is 5.52. The Balaban J connectivity index is 1.28. The van der Waals surface area contributed by atoms with E-state index in [-0.39, 0.29) is 23.4 Å². The van der Waals surface area contributed by atoms with Crippen molar-refractivity contribution in [2.24, 2.45) is 0 Å². The van der Waals surface area contributed by atoms with Crippen LogP contribution in [-0.2, 0) is 0 Å². The van der Waals surface area contributed by atoms with E-state index < -0.39 is 4.92 Å². The van der Waals surface area contributed by atoms with Crippen molar-refractivity contribution in [1.29, 1.82) is 0 Å². The van der Waals surface area contributed by atoms with Crippen LogP contribution in [0.25, 0.3) is 10.9 Å². The van der Waals surface area contributed by atoms with Crippen LogP contribution in [0.4, 0.5) is 46.0 Å². The molecule has 0 atom stereocenters. The minimum atomic E-state index is -0.443. The molecule has 2 aromatic heterocycles. The van der Waals surface area contributed by atoms with Crippen LogP contribution in [0.5, 0.6) is 0 Å². The Hall–Kier alpha value is -5.78. The third-order valence-electron chi connectivity index (χ3n) is 5.52. The van der Waals surface area contributed by atoms with Gasteiger partial charge < -0.3 is 27.4 Å². The predicted molar refractivity (Wildman–Crippen MR) is 147 cm³/mol. The predicted octanol–water partition coefficient (Wildman–Crippen LogP) is 4.84. The zero-order valence-corrected chi connectivity index (χ0v) is 19.8. The first kappa shape index (κ1) is 23.9. The van der Waals surface area contributed by atoms with Gasteiger partial charge in [0.2, 0.25) is 5.95 Å². The summed E-state index contributed by atoms with van der Waals surface area (Å²) >= 11 is 0. The van der Waals surface area contributed by atoms with E-state index in [2.05, 4.69) is 30.9 Å². The standard InChI is InChI=1S/C26H21N9O3/c27-23-14-24(34-26(28)33-23)31-18-3-1-2-15(12-18)25(36)32-17-6-4-16(5-7-17)30-22-10-11-29-21-9-8-19(35(37)38)13-20(21)22/h1-14H,(H,29,30)(H,32,36)(H5,27,28,31,33,34). The topological polar surface area (TPSA) is 187 Å². The molecular formula is C26H21N9O3. The average molecular weight is 508 g/mol. The van der Waals surface area contributed by atoms with Crippen molar-refractivity contribution < 1.29 is 9.72 Å². The van der Waals surface area contributed by atoms with Crippen molar-refractivity contribution in [2.45, 2.75) is 0 Å².